The molecule has 24 heavy (non-hydrogen) atoms. The normalized spacial score (nSPS) is 11.7. The van der Waals surface area contributed by atoms with E-state index in [-0.39, 0.29) is 5.82 Å². The molecule has 0 atom stereocenters. The van der Waals surface area contributed by atoms with Crippen LogP contribution in [0.15, 0.2) is 59.3 Å². The Balaban J connectivity index is 1.90. The van der Waals surface area contributed by atoms with E-state index in [1.165, 1.54) is 24.3 Å². The van der Waals surface area contributed by atoms with Gasteiger partial charge >= 0.3 is 6.18 Å². The zero-order chi connectivity index (χ0) is 17.3. The van der Waals surface area contributed by atoms with Crippen molar-refractivity contribution in [2.75, 3.05) is 0 Å². The first-order valence-corrected chi connectivity index (χ1v) is 7.76. The highest BCUT2D eigenvalue weighted by Gasteiger charge is 2.30. The summed E-state index contributed by atoms with van der Waals surface area (Å²) in [6.45, 7) is 0.354. The number of imidazole rings is 1. The van der Waals surface area contributed by atoms with Crippen LogP contribution in [0, 0.1) is 5.82 Å². The summed E-state index contributed by atoms with van der Waals surface area (Å²) < 4.78 is 53.8. The van der Waals surface area contributed by atoms with Crippen molar-refractivity contribution in [3.05, 3.63) is 76.3 Å². The topological polar surface area (TPSA) is 17.8 Å². The average Bonchev–Trinajstić information content (AvgIpc) is 2.93. The van der Waals surface area contributed by atoms with Gasteiger partial charge in [0.1, 0.15) is 11.6 Å². The molecule has 0 aliphatic rings. The molecule has 2 nitrogen and oxygen atoms in total. The lowest BCUT2D eigenvalue weighted by Gasteiger charge is -2.10. The minimum atomic E-state index is -4.37. The Morgan fingerprint density at radius 3 is 2.38 bits per heavy atom. The lowest BCUT2D eigenvalue weighted by molar-refractivity contribution is -0.137. The molecule has 0 saturated heterocycles. The van der Waals surface area contributed by atoms with E-state index in [1.54, 1.807) is 23.0 Å². The minimum absolute atomic E-state index is 0.354. The molecule has 0 fully saturated rings. The van der Waals surface area contributed by atoms with Crippen LogP contribution in [0.5, 0.6) is 0 Å². The quantitative estimate of drug-likeness (QED) is 0.531. The van der Waals surface area contributed by atoms with Crippen LogP contribution in [0.2, 0.25) is 0 Å². The largest absolute Gasteiger partial charge is 0.416 e. The molecule has 0 amide bonds. The van der Waals surface area contributed by atoms with Gasteiger partial charge in [0, 0.05) is 29.0 Å². The summed E-state index contributed by atoms with van der Waals surface area (Å²) in [6.07, 6.45) is -1.12. The molecule has 0 aliphatic carbocycles. The summed E-state index contributed by atoms with van der Waals surface area (Å²) in [4.78, 5) is 4.20. The maximum absolute atomic E-state index is 13.5. The lowest BCUT2D eigenvalue weighted by Crippen LogP contribution is -2.05. The van der Waals surface area contributed by atoms with E-state index < -0.39 is 11.7 Å². The van der Waals surface area contributed by atoms with E-state index in [1.807, 2.05) is 0 Å². The summed E-state index contributed by atoms with van der Waals surface area (Å²) in [6, 6.07) is 9.33. The first-order valence-electron chi connectivity index (χ1n) is 6.97. The summed E-state index contributed by atoms with van der Waals surface area (Å²) in [7, 11) is 0. The Bertz CT molecular complexity index is 834. The Hall–Kier alpha value is -2.15. The summed E-state index contributed by atoms with van der Waals surface area (Å²) in [5.74, 6) is 0.152. The Labute approximate surface area is 143 Å². The molecule has 0 N–H and O–H groups in total. The van der Waals surface area contributed by atoms with Crippen molar-refractivity contribution in [3.8, 4) is 11.4 Å². The molecule has 0 aliphatic heterocycles. The van der Waals surface area contributed by atoms with Gasteiger partial charge in [-0.15, -0.1) is 0 Å². The summed E-state index contributed by atoms with van der Waals surface area (Å²) in [5, 5.41) is 0. The van der Waals surface area contributed by atoms with E-state index in [0.717, 1.165) is 12.1 Å². The van der Waals surface area contributed by atoms with Crippen LogP contribution >= 0.6 is 15.9 Å². The fraction of sp³-hybridized carbons (Fsp3) is 0.118. The molecule has 3 rings (SSSR count). The molecular weight excluding hydrogens is 388 g/mol. The number of halogens is 5. The molecule has 1 aromatic heterocycles. The SMILES string of the molecule is Fc1cc(Br)cc(Cn2ccnc2-c2ccc(C(F)(F)F)cc2)c1. The molecule has 2 aromatic carbocycles. The Morgan fingerprint density at radius 2 is 1.75 bits per heavy atom. The lowest BCUT2D eigenvalue weighted by atomic mass is 10.1. The second-order valence-corrected chi connectivity index (χ2v) is 6.15. The van der Waals surface area contributed by atoms with Gasteiger partial charge < -0.3 is 4.57 Å². The van der Waals surface area contributed by atoms with Gasteiger partial charge in [-0.3, -0.25) is 0 Å². The third kappa shape index (κ3) is 3.67. The molecule has 1 heterocycles. The molecule has 0 bridgehead atoms. The van der Waals surface area contributed by atoms with E-state index in [4.69, 9.17) is 0 Å². The van der Waals surface area contributed by atoms with Gasteiger partial charge in [0.25, 0.3) is 0 Å². The number of aromatic nitrogens is 2. The van der Waals surface area contributed by atoms with Crippen molar-refractivity contribution in [1.82, 2.24) is 9.55 Å². The van der Waals surface area contributed by atoms with Crippen molar-refractivity contribution < 1.29 is 17.6 Å². The fourth-order valence-electron chi connectivity index (χ4n) is 2.40. The molecule has 0 saturated carbocycles. The van der Waals surface area contributed by atoms with Gasteiger partial charge in [-0.1, -0.05) is 28.1 Å². The monoisotopic (exact) mass is 398 g/mol. The van der Waals surface area contributed by atoms with E-state index in [9.17, 15) is 17.6 Å². The highest BCUT2D eigenvalue weighted by molar-refractivity contribution is 9.10. The molecule has 124 valence electrons. The third-order valence-electron chi connectivity index (χ3n) is 3.46. The minimum Gasteiger partial charge on any atom is -0.327 e. The van der Waals surface area contributed by atoms with Crippen molar-refractivity contribution in [3.63, 3.8) is 0 Å². The Kier molecular flexibility index (Phi) is 4.45. The Morgan fingerprint density at radius 1 is 1.04 bits per heavy atom. The van der Waals surface area contributed by atoms with Crippen LogP contribution in [0.4, 0.5) is 17.6 Å². The average molecular weight is 399 g/mol. The zero-order valence-corrected chi connectivity index (χ0v) is 13.8. The number of rotatable bonds is 3. The van der Waals surface area contributed by atoms with Crippen LogP contribution in [0.1, 0.15) is 11.1 Å². The third-order valence-corrected chi connectivity index (χ3v) is 3.92. The maximum atomic E-state index is 13.5. The second-order valence-electron chi connectivity index (χ2n) is 5.23. The van der Waals surface area contributed by atoms with Gasteiger partial charge in [0.2, 0.25) is 0 Å². The van der Waals surface area contributed by atoms with Crippen molar-refractivity contribution in [2.24, 2.45) is 0 Å². The molecule has 0 unspecified atom stereocenters. The van der Waals surface area contributed by atoms with Crippen LogP contribution in [-0.4, -0.2) is 9.55 Å². The highest BCUT2D eigenvalue weighted by atomic mass is 79.9. The van der Waals surface area contributed by atoms with E-state index >= 15 is 0 Å². The van der Waals surface area contributed by atoms with Crippen LogP contribution < -0.4 is 0 Å². The standard InChI is InChI=1S/C17H11BrF4N2/c18-14-7-11(8-15(19)9-14)10-24-6-5-23-16(24)12-1-3-13(4-2-12)17(20,21)22/h1-9H,10H2. The highest BCUT2D eigenvalue weighted by Crippen LogP contribution is 2.30. The van der Waals surface area contributed by atoms with Crippen LogP contribution in [0.25, 0.3) is 11.4 Å². The van der Waals surface area contributed by atoms with E-state index in [0.29, 0.717) is 28.0 Å². The van der Waals surface area contributed by atoms with Gasteiger partial charge in [-0.2, -0.15) is 13.2 Å². The summed E-state index contributed by atoms with van der Waals surface area (Å²) in [5.41, 5.74) is 0.565. The van der Waals surface area contributed by atoms with Crippen LogP contribution in [0.3, 0.4) is 0 Å². The second kappa shape index (κ2) is 6.39. The number of hydrogen-bond donors (Lipinski definition) is 0. The number of alkyl halides is 3. The number of hydrogen-bond acceptors (Lipinski definition) is 1. The number of benzene rings is 2. The molecular formula is C17H11BrF4N2. The smallest absolute Gasteiger partial charge is 0.327 e. The zero-order valence-electron chi connectivity index (χ0n) is 12.2. The predicted octanol–water partition coefficient (Wildman–Crippen LogP) is 5.52. The van der Waals surface area contributed by atoms with Gasteiger partial charge in [-0.25, -0.2) is 9.37 Å². The first kappa shape index (κ1) is 16.7. The van der Waals surface area contributed by atoms with Gasteiger partial charge in [0.15, 0.2) is 0 Å². The fourth-order valence-corrected chi connectivity index (χ4v) is 2.92. The van der Waals surface area contributed by atoms with Crippen LogP contribution in [-0.2, 0) is 12.7 Å². The number of nitrogens with zero attached hydrogens (tertiary/aromatic N) is 2. The molecule has 7 heteroatoms. The van der Waals surface area contributed by atoms with Gasteiger partial charge in [-0.05, 0) is 35.9 Å². The van der Waals surface area contributed by atoms with Gasteiger partial charge in [0.05, 0.1) is 5.56 Å². The van der Waals surface area contributed by atoms with Crippen molar-refractivity contribution >= 4 is 15.9 Å². The van der Waals surface area contributed by atoms with Crippen molar-refractivity contribution in [1.29, 1.82) is 0 Å². The van der Waals surface area contributed by atoms with E-state index in [2.05, 4.69) is 20.9 Å². The first-order chi connectivity index (χ1) is 11.3. The predicted molar refractivity (Wildman–Crippen MR) is 85.9 cm³/mol. The molecule has 0 spiro atoms. The van der Waals surface area contributed by atoms with Crippen molar-refractivity contribution in [2.45, 2.75) is 12.7 Å². The summed E-state index contributed by atoms with van der Waals surface area (Å²) >= 11 is 3.24. The maximum Gasteiger partial charge on any atom is 0.416 e. The molecule has 0 radical (unpaired) electrons. The molecule has 3 aromatic rings.